The summed E-state index contributed by atoms with van der Waals surface area (Å²) in [7, 11) is 0. The maximum absolute atomic E-state index is 12.4. The molecule has 0 saturated carbocycles. The number of ether oxygens (including phenoxy) is 2. The first-order valence-corrected chi connectivity index (χ1v) is 9.17. The van der Waals surface area contributed by atoms with Crippen LogP contribution in [-0.4, -0.2) is 23.5 Å². The van der Waals surface area contributed by atoms with Crippen LogP contribution in [0.15, 0.2) is 53.9 Å². The van der Waals surface area contributed by atoms with Crippen LogP contribution >= 0.6 is 22.9 Å². The molecular weight excluding hydrogens is 388 g/mol. The van der Waals surface area contributed by atoms with Gasteiger partial charge < -0.3 is 15.2 Å². The van der Waals surface area contributed by atoms with Crippen LogP contribution in [0.2, 0.25) is 5.02 Å². The number of carbonyl (C=O) groups is 2. The topological polar surface area (TPSA) is 91.5 Å². The second kappa shape index (κ2) is 8.66. The van der Waals surface area contributed by atoms with Crippen LogP contribution in [0.25, 0.3) is 10.6 Å². The summed E-state index contributed by atoms with van der Waals surface area (Å²) in [5.41, 5.74) is 6.71. The molecule has 3 aromatic rings. The van der Waals surface area contributed by atoms with Crippen molar-refractivity contribution in [2.45, 2.75) is 6.61 Å². The molecule has 1 aromatic heterocycles. The maximum Gasteiger partial charge on any atom is 0.342 e. The minimum absolute atomic E-state index is 0.00391. The summed E-state index contributed by atoms with van der Waals surface area (Å²) in [4.78, 5) is 27.7. The highest BCUT2D eigenvalue weighted by Crippen LogP contribution is 2.30. The third-order valence-electron chi connectivity index (χ3n) is 3.48. The first-order chi connectivity index (χ1) is 13.0. The van der Waals surface area contributed by atoms with Gasteiger partial charge in [-0.2, -0.15) is 0 Å². The molecule has 0 spiro atoms. The SMILES string of the molecule is NC(=O)COc1ccccc1C(=O)OCc1csc(-c2ccccc2Cl)n1. The number of aromatic nitrogens is 1. The van der Waals surface area contributed by atoms with Gasteiger partial charge in [0.1, 0.15) is 22.9 Å². The van der Waals surface area contributed by atoms with Crippen molar-refractivity contribution in [1.82, 2.24) is 4.98 Å². The molecule has 0 fully saturated rings. The van der Waals surface area contributed by atoms with Gasteiger partial charge in [-0.3, -0.25) is 4.79 Å². The highest BCUT2D eigenvalue weighted by molar-refractivity contribution is 7.13. The predicted octanol–water partition coefficient (Wildman–Crippen LogP) is 3.68. The van der Waals surface area contributed by atoms with Gasteiger partial charge in [0.2, 0.25) is 0 Å². The molecule has 0 aliphatic carbocycles. The molecule has 0 atom stereocenters. The van der Waals surface area contributed by atoms with Crippen molar-refractivity contribution in [1.29, 1.82) is 0 Å². The second-order valence-electron chi connectivity index (χ2n) is 5.45. The fourth-order valence-electron chi connectivity index (χ4n) is 2.26. The summed E-state index contributed by atoms with van der Waals surface area (Å²) < 4.78 is 10.6. The third kappa shape index (κ3) is 4.84. The molecule has 0 saturated heterocycles. The monoisotopic (exact) mass is 402 g/mol. The lowest BCUT2D eigenvalue weighted by Crippen LogP contribution is -2.21. The Bertz CT molecular complexity index is 974. The van der Waals surface area contributed by atoms with Crippen LogP contribution in [0.3, 0.4) is 0 Å². The fraction of sp³-hybridized carbons (Fsp3) is 0.105. The van der Waals surface area contributed by atoms with Crippen molar-refractivity contribution >= 4 is 34.8 Å². The second-order valence-corrected chi connectivity index (χ2v) is 6.72. The first-order valence-electron chi connectivity index (χ1n) is 7.91. The fourth-order valence-corrected chi connectivity index (χ4v) is 3.38. The van der Waals surface area contributed by atoms with Gasteiger partial charge in [0, 0.05) is 10.9 Å². The van der Waals surface area contributed by atoms with Crippen LogP contribution in [0, 0.1) is 0 Å². The number of halogens is 1. The molecule has 0 radical (unpaired) electrons. The molecule has 8 heteroatoms. The molecule has 0 bridgehead atoms. The van der Waals surface area contributed by atoms with Gasteiger partial charge in [-0.05, 0) is 18.2 Å². The lowest BCUT2D eigenvalue weighted by molar-refractivity contribution is -0.119. The van der Waals surface area contributed by atoms with E-state index < -0.39 is 11.9 Å². The van der Waals surface area contributed by atoms with Gasteiger partial charge in [0.15, 0.2) is 6.61 Å². The molecule has 2 N–H and O–H groups in total. The Labute approximate surface area is 164 Å². The van der Waals surface area contributed by atoms with Crippen molar-refractivity contribution < 1.29 is 19.1 Å². The normalized spacial score (nSPS) is 10.4. The molecule has 1 amide bonds. The Morgan fingerprint density at radius 3 is 2.63 bits per heavy atom. The molecule has 1 heterocycles. The summed E-state index contributed by atoms with van der Waals surface area (Å²) in [6.45, 7) is -0.318. The lowest BCUT2D eigenvalue weighted by Gasteiger charge is -2.09. The summed E-state index contributed by atoms with van der Waals surface area (Å²) in [5, 5.41) is 3.16. The Morgan fingerprint density at radius 1 is 1.11 bits per heavy atom. The van der Waals surface area contributed by atoms with Crippen molar-refractivity contribution in [2.24, 2.45) is 5.73 Å². The highest BCUT2D eigenvalue weighted by atomic mass is 35.5. The van der Waals surface area contributed by atoms with Crippen LogP contribution in [-0.2, 0) is 16.1 Å². The summed E-state index contributed by atoms with van der Waals surface area (Å²) >= 11 is 7.60. The van der Waals surface area contributed by atoms with Gasteiger partial charge in [0.25, 0.3) is 5.91 Å². The predicted molar refractivity (Wildman–Crippen MR) is 103 cm³/mol. The number of rotatable bonds is 7. The van der Waals surface area contributed by atoms with Crippen LogP contribution in [0.5, 0.6) is 5.75 Å². The lowest BCUT2D eigenvalue weighted by atomic mass is 10.2. The van der Waals surface area contributed by atoms with Crippen molar-refractivity contribution in [3.05, 3.63) is 70.2 Å². The first kappa shape index (κ1) is 18.9. The average Bonchev–Trinajstić information content (AvgIpc) is 3.14. The third-order valence-corrected chi connectivity index (χ3v) is 4.74. The van der Waals surface area contributed by atoms with E-state index >= 15 is 0 Å². The summed E-state index contributed by atoms with van der Waals surface area (Å²) in [5.74, 6) is -0.980. The van der Waals surface area contributed by atoms with Crippen LogP contribution < -0.4 is 10.5 Å². The minimum atomic E-state index is -0.632. The number of nitrogens with two attached hydrogens (primary N) is 1. The molecule has 27 heavy (non-hydrogen) atoms. The maximum atomic E-state index is 12.4. The number of para-hydroxylation sites is 1. The van der Waals surface area contributed by atoms with E-state index in [2.05, 4.69) is 4.98 Å². The largest absolute Gasteiger partial charge is 0.483 e. The van der Waals surface area contributed by atoms with E-state index in [0.717, 1.165) is 10.6 Å². The van der Waals surface area contributed by atoms with E-state index in [4.69, 9.17) is 26.8 Å². The number of carbonyl (C=O) groups excluding carboxylic acids is 2. The standard InChI is InChI=1S/C19H15ClN2O4S/c20-15-7-3-1-5-13(15)18-22-12(11-27-18)9-26-19(24)14-6-2-4-8-16(14)25-10-17(21)23/h1-8,11H,9-10H2,(H2,21,23). The number of hydrogen-bond donors (Lipinski definition) is 1. The van der Waals surface area contributed by atoms with E-state index in [1.54, 1.807) is 35.7 Å². The van der Waals surface area contributed by atoms with E-state index in [9.17, 15) is 9.59 Å². The molecule has 2 aromatic carbocycles. The smallest absolute Gasteiger partial charge is 0.342 e. The van der Waals surface area contributed by atoms with E-state index in [1.807, 2.05) is 18.2 Å². The number of hydrogen-bond acceptors (Lipinski definition) is 6. The zero-order valence-electron chi connectivity index (χ0n) is 14.1. The zero-order chi connectivity index (χ0) is 19.2. The van der Waals surface area contributed by atoms with Gasteiger partial charge in [-0.25, -0.2) is 9.78 Å². The molecule has 0 unspecified atom stereocenters. The molecular formula is C19H15ClN2O4S. The number of nitrogens with zero attached hydrogens (tertiary/aromatic N) is 1. The van der Waals surface area contributed by atoms with E-state index in [0.29, 0.717) is 10.7 Å². The molecule has 3 rings (SSSR count). The van der Waals surface area contributed by atoms with Crippen molar-refractivity contribution in [3.8, 4) is 16.3 Å². The Balaban J connectivity index is 1.67. The Morgan fingerprint density at radius 2 is 1.85 bits per heavy atom. The van der Waals surface area contributed by atoms with Crippen molar-refractivity contribution in [3.63, 3.8) is 0 Å². The molecule has 0 aliphatic rings. The molecule has 138 valence electrons. The van der Waals surface area contributed by atoms with Crippen LogP contribution in [0.4, 0.5) is 0 Å². The number of primary amides is 1. The van der Waals surface area contributed by atoms with E-state index in [-0.39, 0.29) is 24.5 Å². The number of benzene rings is 2. The highest BCUT2D eigenvalue weighted by Gasteiger charge is 2.15. The number of esters is 1. The van der Waals surface area contributed by atoms with Gasteiger partial charge >= 0.3 is 5.97 Å². The minimum Gasteiger partial charge on any atom is -0.483 e. The van der Waals surface area contributed by atoms with Gasteiger partial charge in [-0.15, -0.1) is 11.3 Å². The van der Waals surface area contributed by atoms with Gasteiger partial charge in [-0.1, -0.05) is 41.9 Å². The summed E-state index contributed by atoms with van der Waals surface area (Å²) in [6.07, 6.45) is 0. The average molecular weight is 403 g/mol. The molecule has 6 nitrogen and oxygen atoms in total. The Kier molecular flexibility index (Phi) is 6.05. The van der Waals surface area contributed by atoms with Crippen molar-refractivity contribution in [2.75, 3.05) is 6.61 Å². The van der Waals surface area contributed by atoms with E-state index in [1.165, 1.54) is 11.3 Å². The quantitative estimate of drug-likeness (QED) is 0.608. The zero-order valence-corrected chi connectivity index (χ0v) is 15.6. The van der Waals surface area contributed by atoms with Gasteiger partial charge in [0.05, 0.1) is 10.7 Å². The molecule has 0 aliphatic heterocycles. The summed E-state index contributed by atoms with van der Waals surface area (Å²) in [6, 6.07) is 13.9. The van der Waals surface area contributed by atoms with Crippen LogP contribution in [0.1, 0.15) is 16.1 Å². The number of thiazole rings is 1. The Hall–Kier alpha value is -2.90. The number of amides is 1.